The number of nitrogens with two attached hydrogens (primary N) is 1. The molecule has 1 atom stereocenters. The van der Waals surface area contributed by atoms with Crippen molar-refractivity contribution in [2.24, 2.45) is 5.73 Å². The van der Waals surface area contributed by atoms with Crippen molar-refractivity contribution in [2.75, 3.05) is 27.9 Å². The van der Waals surface area contributed by atoms with Gasteiger partial charge in [0.1, 0.15) is 5.54 Å². The Morgan fingerprint density at radius 3 is 2.10 bits per heavy atom. The van der Waals surface area contributed by atoms with Crippen LogP contribution in [0.25, 0.3) is 0 Å². The molecule has 11 heteroatoms. The second-order valence-corrected chi connectivity index (χ2v) is 6.44. The fraction of sp³-hybridized carbons (Fsp3) is 0.500. The highest BCUT2D eigenvalue weighted by Gasteiger charge is 2.36. The maximum absolute atomic E-state index is 12.3. The lowest BCUT2D eigenvalue weighted by molar-refractivity contribution is -0.151. The van der Waals surface area contributed by atoms with Crippen molar-refractivity contribution < 1.29 is 47.6 Å². The van der Waals surface area contributed by atoms with Gasteiger partial charge in [-0.2, -0.15) is 0 Å². The van der Waals surface area contributed by atoms with E-state index < -0.39 is 29.8 Å². The Morgan fingerprint density at radius 1 is 0.935 bits per heavy atom. The van der Waals surface area contributed by atoms with Gasteiger partial charge in [0.05, 0.1) is 27.9 Å². The van der Waals surface area contributed by atoms with Gasteiger partial charge in [-0.1, -0.05) is 13.0 Å². The van der Waals surface area contributed by atoms with Gasteiger partial charge in [-0.3, -0.25) is 9.59 Å². The summed E-state index contributed by atoms with van der Waals surface area (Å²) in [6, 6.07) is 4.20. The van der Waals surface area contributed by atoms with Gasteiger partial charge in [0, 0.05) is 19.3 Å². The van der Waals surface area contributed by atoms with Crippen LogP contribution in [0.5, 0.6) is 11.5 Å². The van der Waals surface area contributed by atoms with Crippen molar-refractivity contribution in [3.8, 4) is 11.5 Å². The maximum Gasteiger partial charge on any atom is 0.513 e. The van der Waals surface area contributed by atoms with E-state index in [-0.39, 0.29) is 37.4 Å². The van der Waals surface area contributed by atoms with Crippen molar-refractivity contribution in [3.05, 3.63) is 23.8 Å². The summed E-state index contributed by atoms with van der Waals surface area (Å²) in [5, 5.41) is 0. The summed E-state index contributed by atoms with van der Waals surface area (Å²) >= 11 is 0. The summed E-state index contributed by atoms with van der Waals surface area (Å²) in [5.74, 6) is -1.39. The number of benzene rings is 1. The van der Waals surface area contributed by atoms with Gasteiger partial charge in [0.15, 0.2) is 11.5 Å². The van der Waals surface area contributed by atoms with Gasteiger partial charge in [0.25, 0.3) is 0 Å². The fourth-order valence-corrected chi connectivity index (χ4v) is 2.54. The Morgan fingerprint density at radius 2 is 1.55 bits per heavy atom. The number of ether oxygens (including phenoxy) is 6. The molecule has 0 heterocycles. The highest BCUT2D eigenvalue weighted by molar-refractivity contribution is 5.81. The monoisotopic (exact) mass is 441 g/mol. The van der Waals surface area contributed by atoms with Crippen molar-refractivity contribution >= 4 is 24.2 Å². The van der Waals surface area contributed by atoms with E-state index in [0.717, 1.165) is 14.2 Å². The smallest absolute Gasteiger partial charge is 0.468 e. The molecule has 0 saturated carbocycles. The second-order valence-electron chi connectivity index (χ2n) is 6.44. The molecule has 1 aromatic rings. The minimum atomic E-state index is -1.53. The molecular weight excluding hydrogens is 414 g/mol. The molecule has 0 unspecified atom stereocenters. The highest BCUT2D eigenvalue weighted by Crippen LogP contribution is 2.31. The van der Waals surface area contributed by atoms with Gasteiger partial charge in [-0.05, 0) is 24.1 Å². The Bertz CT molecular complexity index is 794. The van der Waals surface area contributed by atoms with E-state index in [1.807, 2.05) is 6.92 Å². The van der Waals surface area contributed by atoms with Crippen molar-refractivity contribution in [3.63, 3.8) is 0 Å². The Labute approximate surface area is 179 Å². The van der Waals surface area contributed by atoms with Crippen LogP contribution in [0.15, 0.2) is 18.2 Å². The molecule has 11 nitrogen and oxygen atoms in total. The van der Waals surface area contributed by atoms with E-state index in [1.165, 1.54) is 25.3 Å². The lowest BCUT2D eigenvalue weighted by Gasteiger charge is -2.26. The number of hydrogen-bond donors (Lipinski definition) is 1. The van der Waals surface area contributed by atoms with E-state index in [9.17, 15) is 19.2 Å². The molecule has 1 aromatic carbocycles. The fourth-order valence-electron chi connectivity index (χ4n) is 2.54. The Balaban J connectivity index is 3.10. The first-order valence-electron chi connectivity index (χ1n) is 9.36. The van der Waals surface area contributed by atoms with Crippen LogP contribution in [0, 0.1) is 0 Å². The molecule has 0 aliphatic rings. The van der Waals surface area contributed by atoms with Crippen LogP contribution in [0.1, 0.15) is 31.7 Å². The van der Waals surface area contributed by atoms with Gasteiger partial charge in [-0.15, -0.1) is 0 Å². The molecule has 0 aromatic heterocycles. The Hall–Kier alpha value is -3.34. The SMILES string of the molecule is CCCC(=O)OCC[C@@](N)(Cc1ccc(OC(=O)OC)c(OC(=O)OC)c1)C(=O)OC. The van der Waals surface area contributed by atoms with E-state index in [2.05, 4.69) is 9.47 Å². The third-order valence-corrected chi connectivity index (χ3v) is 4.10. The molecule has 0 spiro atoms. The van der Waals surface area contributed by atoms with Crippen molar-refractivity contribution in [2.45, 2.75) is 38.1 Å². The summed E-state index contributed by atoms with van der Waals surface area (Å²) < 4.78 is 28.7. The number of hydrogen-bond acceptors (Lipinski definition) is 11. The van der Waals surface area contributed by atoms with Crippen molar-refractivity contribution in [1.29, 1.82) is 0 Å². The van der Waals surface area contributed by atoms with Crippen LogP contribution in [0.2, 0.25) is 0 Å². The molecule has 0 fully saturated rings. The van der Waals surface area contributed by atoms with E-state index in [4.69, 9.17) is 24.7 Å². The molecular formula is C20H27NO10. The lowest BCUT2D eigenvalue weighted by Crippen LogP contribution is -2.51. The third kappa shape index (κ3) is 8.13. The molecule has 31 heavy (non-hydrogen) atoms. The molecule has 0 bridgehead atoms. The summed E-state index contributed by atoms with van der Waals surface area (Å²) in [5.41, 5.74) is 5.17. The second kappa shape index (κ2) is 12.4. The van der Waals surface area contributed by atoms with E-state index in [1.54, 1.807) is 0 Å². The zero-order valence-corrected chi connectivity index (χ0v) is 17.9. The number of carbonyl (C=O) groups excluding carboxylic acids is 4. The first-order valence-corrected chi connectivity index (χ1v) is 9.36. The third-order valence-electron chi connectivity index (χ3n) is 4.10. The zero-order valence-electron chi connectivity index (χ0n) is 17.9. The summed E-state index contributed by atoms with van der Waals surface area (Å²) in [6.45, 7) is 1.75. The predicted octanol–water partition coefficient (Wildman–Crippen LogP) is 2.12. The highest BCUT2D eigenvalue weighted by atomic mass is 16.7. The molecule has 0 radical (unpaired) electrons. The predicted molar refractivity (Wildman–Crippen MR) is 106 cm³/mol. The van der Waals surface area contributed by atoms with Crippen LogP contribution in [-0.2, 0) is 35.0 Å². The number of carbonyl (C=O) groups is 4. The van der Waals surface area contributed by atoms with Gasteiger partial charge < -0.3 is 34.2 Å². The first kappa shape index (κ1) is 25.7. The molecule has 172 valence electrons. The number of rotatable bonds is 10. The van der Waals surface area contributed by atoms with E-state index >= 15 is 0 Å². The van der Waals surface area contributed by atoms with Crippen LogP contribution in [-0.4, -0.2) is 57.7 Å². The quantitative estimate of drug-likeness (QED) is 0.323. The number of methoxy groups -OCH3 is 3. The van der Waals surface area contributed by atoms with Gasteiger partial charge >= 0.3 is 24.2 Å². The van der Waals surface area contributed by atoms with Crippen LogP contribution in [0.3, 0.4) is 0 Å². The Kier molecular flexibility index (Phi) is 10.3. The zero-order chi connectivity index (χ0) is 23.4. The lowest BCUT2D eigenvalue weighted by atomic mass is 9.88. The molecule has 0 aliphatic carbocycles. The normalized spacial score (nSPS) is 12.2. The first-order chi connectivity index (χ1) is 14.7. The van der Waals surface area contributed by atoms with Crippen LogP contribution < -0.4 is 15.2 Å². The average Bonchev–Trinajstić information content (AvgIpc) is 2.74. The minimum Gasteiger partial charge on any atom is -0.468 e. The summed E-state index contributed by atoms with van der Waals surface area (Å²) in [4.78, 5) is 46.8. The average molecular weight is 441 g/mol. The molecule has 1 rings (SSSR count). The van der Waals surface area contributed by atoms with Gasteiger partial charge in [-0.25, -0.2) is 9.59 Å². The van der Waals surface area contributed by atoms with Crippen LogP contribution >= 0.6 is 0 Å². The standard InChI is InChI=1S/C20H27NO10/c1-5-6-16(22)29-10-9-20(21,17(23)26-2)12-13-7-8-14(30-18(24)27-3)15(11-13)31-19(25)28-4/h7-8,11H,5-6,9-10,12,21H2,1-4H3/t20-/m1/s1. The van der Waals surface area contributed by atoms with E-state index in [0.29, 0.717) is 12.0 Å². The molecule has 0 aliphatic heterocycles. The van der Waals surface area contributed by atoms with Gasteiger partial charge in [0.2, 0.25) is 0 Å². The van der Waals surface area contributed by atoms with Crippen molar-refractivity contribution in [1.82, 2.24) is 0 Å². The number of esters is 2. The maximum atomic E-state index is 12.3. The molecule has 0 saturated heterocycles. The molecule has 0 amide bonds. The topological polar surface area (TPSA) is 150 Å². The summed E-state index contributed by atoms with van der Waals surface area (Å²) in [6.07, 6.45) is -1.26. The summed E-state index contributed by atoms with van der Waals surface area (Å²) in [7, 11) is 3.41. The largest absolute Gasteiger partial charge is 0.513 e. The molecule has 2 N–H and O–H groups in total. The van der Waals surface area contributed by atoms with Crippen LogP contribution in [0.4, 0.5) is 9.59 Å². The minimum absolute atomic E-state index is 0.0112.